The molecule has 3 atom stereocenters. The fraction of sp³-hybridized carbons (Fsp3) is 0.333. The molecule has 1 saturated heterocycles. The smallest absolute Gasteiger partial charge is 0.272 e. The molecule has 0 radical (unpaired) electrons. The highest BCUT2D eigenvalue weighted by Crippen LogP contribution is 2.40. The summed E-state index contributed by atoms with van der Waals surface area (Å²) in [4.78, 5) is 23.6. The molecule has 0 saturated carbocycles. The van der Waals surface area contributed by atoms with Crippen LogP contribution in [0, 0.1) is 11.7 Å². The summed E-state index contributed by atoms with van der Waals surface area (Å²) in [5.74, 6) is -2.68. The van der Waals surface area contributed by atoms with Crippen LogP contribution in [0.2, 0.25) is 10.0 Å². The van der Waals surface area contributed by atoms with Gasteiger partial charge in [-0.2, -0.15) is 0 Å². The van der Waals surface area contributed by atoms with Crippen molar-refractivity contribution in [1.29, 1.82) is 0 Å². The lowest BCUT2D eigenvalue weighted by molar-refractivity contribution is -0.168. The van der Waals surface area contributed by atoms with Gasteiger partial charge in [-0.05, 0) is 30.7 Å². The van der Waals surface area contributed by atoms with Crippen molar-refractivity contribution in [2.45, 2.75) is 25.5 Å². The molecule has 2 amide bonds. The maximum absolute atomic E-state index is 14.9. The highest BCUT2D eigenvalue weighted by atomic mass is 35.5. The Morgan fingerprint density at radius 3 is 2.56 bits per heavy atom. The Bertz CT molecular complexity index is 1040. The molecule has 11 heteroatoms. The van der Waals surface area contributed by atoms with E-state index in [0.717, 1.165) is 6.07 Å². The number of alkyl halides is 2. The molecule has 0 aromatic heterocycles. The molecule has 3 rings (SSSR count). The van der Waals surface area contributed by atoms with E-state index in [1.165, 1.54) is 24.3 Å². The Labute approximate surface area is 191 Å². The number of carbonyl (C=O) groups is 2. The second kappa shape index (κ2) is 9.97. The maximum atomic E-state index is 14.9. The molecule has 0 spiro atoms. The SMILES string of the molecule is C[C@@H](NC(=O)C1COC1C(N)=O)c1ccc(-c2cc(Cl)cc(Cl)c2OCC(F)F)cc1F. The molecule has 2 aromatic rings. The molecular formula is C21H19Cl2F3N2O4. The van der Waals surface area contributed by atoms with Crippen LogP contribution < -0.4 is 15.8 Å². The van der Waals surface area contributed by atoms with E-state index in [4.69, 9.17) is 38.4 Å². The lowest BCUT2D eigenvalue weighted by Gasteiger charge is -2.34. The largest absolute Gasteiger partial charge is 0.485 e. The number of amides is 2. The number of rotatable bonds is 8. The van der Waals surface area contributed by atoms with E-state index >= 15 is 0 Å². The lowest BCUT2D eigenvalue weighted by atomic mass is 9.95. The average Bonchev–Trinajstić information content (AvgIpc) is 2.64. The van der Waals surface area contributed by atoms with E-state index in [-0.39, 0.29) is 33.5 Å². The molecule has 0 bridgehead atoms. The summed E-state index contributed by atoms with van der Waals surface area (Å²) >= 11 is 12.1. The van der Waals surface area contributed by atoms with Crippen LogP contribution in [0.1, 0.15) is 18.5 Å². The van der Waals surface area contributed by atoms with Gasteiger partial charge in [-0.15, -0.1) is 0 Å². The van der Waals surface area contributed by atoms with Gasteiger partial charge in [0.2, 0.25) is 11.8 Å². The lowest BCUT2D eigenvalue weighted by Crippen LogP contribution is -2.55. The van der Waals surface area contributed by atoms with Gasteiger partial charge in [-0.1, -0.05) is 35.3 Å². The molecule has 2 aromatic carbocycles. The molecule has 32 heavy (non-hydrogen) atoms. The van der Waals surface area contributed by atoms with E-state index in [0.29, 0.717) is 5.56 Å². The van der Waals surface area contributed by atoms with Crippen LogP contribution >= 0.6 is 23.2 Å². The summed E-state index contributed by atoms with van der Waals surface area (Å²) in [6.45, 7) is 0.724. The number of nitrogens with two attached hydrogens (primary N) is 1. The first-order chi connectivity index (χ1) is 15.1. The van der Waals surface area contributed by atoms with Crippen molar-refractivity contribution in [1.82, 2.24) is 5.32 Å². The highest BCUT2D eigenvalue weighted by Gasteiger charge is 2.42. The van der Waals surface area contributed by atoms with Gasteiger partial charge < -0.3 is 20.5 Å². The van der Waals surface area contributed by atoms with Gasteiger partial charge in [-0.25, -0.2) is 13.2 Å². The van der Waals surface area contributed by atoms with E-state index in [1.54, 1.807) is 6.92 Å². The van der Waals surface area contributed by atoms with Gasteiger partial charge in [0, 0.05) is 16.1 Å². The summed E-state index contributed by atoms with van der Waals surface area (Å²) in [5.41, 5.74) is 5.86. The summed E-state index contributed by atoms with van der Waals surface area (Å²) < 4.78 is 50.2. The zero-order chi connectivity index (χ0) is 23.6. The van der Waals surface area contributed by atoms with Gasteiger partial charge in [0.15, 0.2) is 0 Å². The van der Waals surface area contributed by atoms with E-state index in [1.807, 2.05) is 0 Å². The second-order valence-electron chi connectivity index (χ2n) is 7.20. The Morgan fingerprint density at radius 1 is 1.28 bits per heavy atom. The molecule has 172 valence electrons. The molecule has 3 N–H and O–H groups in total. The Hall–Kier alpha value is -2.49. The van der Waals surface area contributed by atoms with Gasteiger partial charge in [0.25, 0.3) is 6.43 Å². The van der Waals surface area contributed by atoms with Crippen molar-refractivity contribution in [2.75, 3.05) is 13.2 Å². The fourth-order valence-electron chi connectivity index (χ4n) is 3.29. The first kappa shape index (κ1) is 24.2. The Balaban J connectivity index is 1.82. The number of carbonyl (C=O) groups excluding carboxylic acids is 2. The monoisotopic (exact) mass is 490 g/mol. The van der Waals surface area contributed by atoms with E-state index < -0.39 is 48.7 Å². The average molecular weight is 491 g/mol. The topological polar surface area (TPSA) is 90.6 Å². The van der Waals surface area contributed by atoms with E-state index in [9.17, 15) is 22.8 Å². The molecule has 1 aliphatic heterocycles. The molecule has 1 heterocycles. The minimum atomic E-state index is -2.73. The zero-order valence-electron chi connectivity index (χ0n) is 16.7. The van der Waals surface area contributed by atoms with Crippen molar-refractivity contribution in [3.63, 3.8) is 0 Å². The number of primary amides is 1. The molecule has 0 aliphatic carbocycles. The Morgan fingerprint density at radius 2 is 2.00 bits per heavy atom. The Kier molecular flexibility index (Phi) is 7.53. The van der Waals surface area contributed by atoms with Crippen LogP contribution in [-0.2, 0) is 14.3 Å². The molecule has 1 aliphatic rings. The van der Waals surface area contributed by atoms with Crippen LogP contribution in [0.3, 0.4) is 0 Å². The van der Waals surface area contributed by atoms with Gasteiger partial charge in [0.05, 0.1) is 23.6 Å². The summed E-state index contributed by atoms with van der Waals surface area (Å²) in [6.07, 6.45) is -3.73. The van der Waals surface area contributed by atoms with Crippen LogP contribution in [0.5, 0.6) is 5.75 Å². The number of ether oxygens (including phenoxy) is 2. The van der Waals surface area contributed by atoms with Gasteiger partial charge in [0.1, 0.15) is 24.3 Å². The predicted octanol–water partition coefficient (Wildman–Crippen LogP) is 4.12. The number of hydrogen-bond donors (Lipinski definition) is 2. The number of hydrogen-bond acceptors (Lipinski definition) is 4. The molecule has 1 fully saturated rings. The number of halogens is 5. The van der Waals surface area contributed by atoms with E-state index in [2.05, 4.69) is 5.32 Å². The minimum absolute atomic E-state index is 0.00462. The maximum Gasteiger partial charge on any atom is 0.272 e. The third-order valence-electron chi connectivity index (χ3n) is 4.94. The summed E-state index contributed by atoms with van der Waals surface area (Å²) in [5, 5.41) is 2.85. The van der Waals surface area contributed by atoms with Crippen LogP contribution in [0.25, 0.3) is 11.1 Å². The minimum Gasteiger partial charge on any atom is -0.485 e. The summed E-state index contributed by atoms with van der Waals surface area (Å²) in [7, 11) is 0. The van der Waals surface area contributed by atoms with Crippen molar-refractivity contribution in [3.05, 3.63) is 51.8 Å². The third kappa shape index (κ3) is 5.28. The molecule has 6 nitrogen and oxygen atoms in total. The number of benzene rings is 2. The zero-order valence-corrected chi connectivity index (χ0v) is 18.2. The normalized spacial score (nSPS) is 18.7. The van der Waals surface area contributed by atoms with Gasteiger partial charge in [-0.3, -0.25) is 9.59 Å². The van der Waals surface area contributed by atoms with Crippen molar-refractivity contribution in [3.8, 4) is 16.9 Å². The van der Waals surface area contributed by atoms with Gasteiger partial charge >= 0.3 is 0 Å². The first-order valence-electron chi connectivity index (χ1n) is 9.49. The van der Waals surface area contributed by atoms with Crippen LogP contribution in [0.15, 0.2) is 30.3 Å². The predicted molar refractivity (Wildman–Crippen MR) is 112 cm³/mol. The molecular weight excluding hydrogens is 472 g/mol. The fourth-order valence-corrected chi connectivity index (χ4v) is 3.84. The third-order valence-corrected chi connectivity index (χ3v) is 5.44. The van der Waals surface area contributed by atoms with Crippen molar-refractivity contribution >= 4 is 35.0 Å². The second-order valence-corrected chi connectivity index (χ2v) is 8.04. The highest BCUT2D eigenvalue weighted by molar-refractivity contribution is 6.36. The first-order valence-corrected chi connectivity index (χ1v) is 10.2. The standard InChI is InChI=1S/C21H19Cl2F3N2O4/c1-9(28-21(30)14-7-31-19(14)20(27)29)12-3-2-10(4-16(12)24)13-5-11(22)6-15(23)18(13)32-8-17(25)26/h2-6,9,14,17,19H,7-8H2,1H3,(H2,27,29)(H,28,30)/t9-,14?,19?/m1/s1. The van der Waals surface area contributed by atoms with Crippen LogP contribution in [-0.4, -0.2) is 37.6 Å². The number of nitrogens with one attached hydrogen (secondary N) is 1. The van der Waals surface area contributed by atoms with Crippen molar-refractivity contribution in [2.24, 2.45) is 11.7 Å². The summed E-state index contributed by atoms with van der Waals surface area (Å²) in [6, 6.07) is 6.14. The molecule has 2 unspecified atom stereocenters. The van der Waals surface area contributed by atoms with Crippen LogP contribution in [0.4, 0.5) is 13.2 Å². The quantitative estimate of drug-likeness (QED) is 0.582. The van der Waals surface area contributed by atoms with Crippen molar-refractivity contribution < 1.29 is 32.2 Å².